The monoisotopic (exact) mass is 506 g/mol. The predicted molar refractivity (Wildman–Crippen MR) is 147 cm³/mol. The minimum atomic E-state index is -0.193. The lowest BCUT2D eigenvalue weighted by atomic mass is 9.96. The Kier molecular flexibility index (Phi) is 10.5. The van der Waals surface area contributed by atoms with Gasteiger partial charge in [-0.1, -0.05) is 68.8 Å². The summed E-state index contributed by atoms with van der Waals surface area (Å²) in [5.41, 5.74) is 3.39. The van der Waals surface area contributed by atoms with Gasteiger partial charge in [-0.05, 0) is 67.4 Å². The maximum absolute atomic E-state index is 13.1. The smallest absolute Gasteiger partial charge is 0.228 e. The van der Waals surface area contributed by atoms with E-state index in [0.29, 0.717) is 28.3 Å². The van der Waals surface area contributed by atoms with Gasteiger partial charge in [-0.25, -0.2) is 0 Å². The lowest BCUT2D eigenvalue weighted by Crippen LogP contribution is -2.25. The third-order valence-corrected chi connectivity index (χ3v) is 6.45. The van der Waals surface area contributed by atoms with E-state index in [1.165, 1.54) is 0 Å². The summed E-state index contributed by atoms with van der Waals surface area (Å²) in [4.78, 5) is 28.4. The molecule has 3 aromatic rings. The number of carbonyl (C=O) groups excluding carboxylic acids is 2. The zero-order chi connectivity index (χ0) is 25.9. The Morgan fingerprint density at radius 2 is 1.67 bits per heavy atom. The summed E-state index contributed by atoms with van der Waals surface area (Å²) in [6.45, 7) is 10.1. The molecule has 36 heavy (non-hydrogen) atoms. The molecule has 0 aromatic heterocycles. The van der Waals surface area contributed by atoms with Gasteiger partial charge >= 0.3 is 0 Å². The number of amides is 1. The Labute approximate surface area is 219 Å². The molecule has 0 aliphatic heterocycles. The zero-order valence-corrected chi connectivity index (χ0v) is 22.1. The van der Waals surface area contributed by atoms with E-state index in [2.05, 4.69) is 24.1 Å². The second-order valence-corrected chi connectivity index (χ2v) is 9.06. The van der Waals surface area contributed by atoms with E-state index < -0.39 is 0 Å². The number of ketones is 1. The van der Waals surface area contributed by atoms with Gasteiger partial charge in [0.15, 0.2) is 5.78 Å². The van der Waals surface area contributed by atoms with Gasteiger partial charge in [0, 0.05) is 28.4 Å². The molecule has 0 spiro atoms. The lowest BCUT2D eigenvalue weighted by Gasteiger charge is -2.18. The Hall–Kier alpha value is -3.15. The normalized spacial score (nSPS) is 10.9. The summed E-state index contributed by atoms with van der Waals surface area (Å²) in [5.74, 6) is 0.456. The van der Waals surface area contributed by atoms with Crippen LogP contribution in [0.25, 0.3) is 0 Å². The molecule has 190 valence electrons. The second-order valence-electron chi connectivity index (χ2n) is 8.62. The number of nitrogens with zero attached hydrogens (tertiary/aromatic N) is 1. The van der Waals surface area contributed by atoms with Crippen LogP contribution in [0.5, 0.6) is 5.75 Å². The van der Waals surface area contributed by atoms with Crippen LogP contribution in [0.15, 0.2) is 66.7 Å². The Morgan fingerprint density at radius 1 is 0.917 bits per heavy atom. The SMILES string of the molecule is CCc1cc(OCCCN(CC)CC)ccc1NC(=O)Cc1ccc(Cl)cc1C(=O)c1ccccc1. The minimum Gasteiger partial charge on any atom is -0.494 e. The van der Waals surface area contributed by atoms with Crippen LogP contribution in [0.4, 0.5) is 5.69 Å². The highest BCUT2D eigenvalue weighted by Crippen LogP contribution is 2.25. The lowest BCUT2D eigenvalue weighted by molar-refractivity contribution is -0.115. The Balaban J connectivity index is 1.66. The molecular formula is C30H35ClN2O3. The maximum atomic E-state index is 13.1. The molecule has 1 amide bonds. The van der Waals surface area contributed by atoms with E-state index in [-0.39, 0.29) is 18.1 Å². The molecule has 5 nitrogen and oxygen atoms in total. The average Bonchev–Trinajstić information content (AvgIpc) is 2.90. The minimum absolute atomic E-state index is 0.0673. The summed E-state index contributed by atoms with van der Waals surface area (Å²) in [5, 5.41) is 3.47. The molecule has 6 heteroatoms. The third kappa shape index (κ3) is 7.67. The van der Waals surface area contributed by atoms with Crippen LogP contribution < -0.4 is 10.1 Å². The second kappa shape index (κ2) is 13.8. The number of aryl methyl sites for hydroxylation is 1. The van der Waals surface area contributed by atoms with Crippen molar-refractivity contribution in [1.29, 1.82) is 0 Å². The molecule has 3 rings (SSSR count). The number of rotatable bonds is 13. The standard InChI is InChI=1S/C30H35ClN2O3/c1-4-22-19-26(36-18-10-17-33(5-2)6-3)15-16-28(22)32-29(34)20-24-13-14-25(31)21-27(24)30(35)23-11-8-7-9-12-23/h7-9,11-16,19,21H,4-6,10,17-18,20H2,1-3H3,(H,32,34). The van der Waals surface area contributed by atoms with E-state index >= 15 is 0 Å². The first-order valence-electron chi connectivity index (χ1n) is 12.6. The number of halogens is 1. The maximum Gasteiger partial charge on any atom is 0.228 e. The van der Waals surface area contributed by atoms with Gasteiger partial charge in [-0.3, -0.25) is 9.59 Å². The van der Waals surface area contributed by atoms with Crippen LogP contribution in [0, 0.1) is 0 Å². The first-order chi connectivity index (χ1) is 17.4. The van der Waals surface area contributed by atoms with E-state index in [4.69, 9.17) is 16.3 Å². The van der Waals surface area contributed by atoms with Gasteiger partial charge in [-0.2, -0.15) is 0 Å². The fourth-order valence-corrected chi connectivity index (χ4v) is 4.29. The van der Waals surface area contributed by atoms with Crippen LogP contribution >= 0.6 is 11.6 Å². The van der Waals surface area contributed by atoms with Crippen molar-refractivity contribution in [2.75, 3.05) is 31.6 Å². The Bertz CT molecular complexity index is 1160. The van der Waals surface area contributed by atoms with Crippen molar-refractivity contribution in [2.24, 2.45) is 0 Å². The molecule has 0 radical (unpaired) electrons. The number of anilines is 1. The Morgan fingerprint density at radius 3 is 2.36 bits per heavy atom. The molecule has 0 aliphatic carbocycles. The zero-order valence-electron chi connectivity index (χ0n) is 21.4. The molecule has 0 aliphatic rings. The molecule has 0 heterocycles. The van der Waals surface area contributed by atoms with Crippen molar-refractivity contribution < 1.29 is 14.3 Å². The summed E-state index contributed by atoms with van der Waals surface area (Å²) in [6.07, 6.45) is 1.79. The van der Waals surface area contributed by atoms with Crippen LogP contribution in [0.3, 0.4) is 0 Å². The van der Waals surface area contributed by atoms with Crippen molar-refractivity contribution in [3.8, 4) is 5.75 Å². The number of ether oxygens (including phenoxy) is 1. The van der Waals surface area contributed by atoms with Crippen molar-refractivity contribution in [2.45, 2.75) is 40.0 Å². The summed E-state index contributed by atoms with van der Waals surface area (Å²) < 4.78 is 5.95. The summed E-state index contributed by atoms with van der Waals surface area (Å²) >= 11 is 6.18. The fraction of sp³-hybridized carbons (Fsp3) is 0.333. The van der Waals surface area contributed by atoms with E-state index in [0.717, 1.165) is 49.5 Å². The number of carbonyl (C=O) groups is 2. The first-order valence-corrected chi connectivity index (χ1v) is 13.0. The van der Waals surface area contributed by atoms with Gasteiger partial charge < -0.3 is 15.0 Å². The van der Waals surface area contributed by atoms with E-state index in [9.17, 15) is 9.59 Å². The number of benzene rings is 3. The molecule has 0 saturated heterocycles. The predicted octanol–water partition coefficient (Wildman–Crippen LogP) is 6.43. The van der Waals surface area contributed by atoms with Crippen LogP contribution in [-0.2, 0) is 17.6 Å². The van der Waals surface area contributed by atoms with Gasteiger partial charge in [-0.15, -0.1) is 0 Å². The van der Waals surface area contributed by atoms with Crippen molar-refractivity contribution >= 4 is 29.0 Å². The molecule has 0 atom stereocenters. The molecule has 0 fully saturated rings. The van der Waals surface area contributed by atoms with Crippen LogP contribution in [-0.4, -0.2) is 42.8 Å². The third-order valence-electron chi connectivity index (χ3n) is 6.22. The molecule has 1 N–H and O–H groups in total. The number of hydrogen-bond donors (Lipinski definition) is 1. The molecule has 0 unspecified atom stereocenters. The van der Waals surface area contributed by atoms with Gasteiger partial charge in [0.2, 0.25) is 5.91 Å². The van der Waals surface area contributed by atoms with Crippen molar-refractivity contribution in [3.05, 3.63) is 94.0 Å². The van der Waals surface area contributed by atoms with Gasteiger partial charge in [0.1, 0.15) is 5.75 Å². The molecule has 0 bridgehead atoms. The molecule has 3 aromatic carbocycles. The highest BCUT2D eigenvalue weighted by atomic mass is 35.5. The van der Waals surface area contributed by atoms with Crippen LogP contribution in [0.2, 0.25) is 5.02 Å². The van der Waals surface area contributed by atoms with Crippen molar-refractivity contribution in [1.82, 2.24) is 4.90 Å². The molecule has 0 saturated carbocycles. The highest BCUT2D eigenvalue weighted by Gasteiger charge is 2.17. The number of hydrogen-bond acceptors (Lipinski definition) is 4. The largest absolute Gasteiger partial charge is 0.494 e. The average molecular weight is 507 g/mol. The summed E-state index contributed by atoms with van der Waals surface area (Å²) in [7, 11) is 0. The number of nitrogens with one attached hydrogen (secondary N) is 1. The van der Waals surface area contributed by atoms with E-state index in [1.54, 1.807) is 30.3 Å². The molecular weight excluding hydrogens is 472 g/mol. The van der Waals surface area contributed by atoms with Crippen LogP contribution in [0.1, 0.15) is 54.2 Å². The van der Waals surface area contributed by atoms with E-state index in [1.807, 2.05) is 43.3 Å². The van der Waals surface area contributed by atoms with Gasteiger partial charge in [0.05, 0.1) is 13.0 Å². The summed E-state index contributed by atoms with van der Waals surface area (Å²) in [6, 6.07) is 19.8. The fourth-order valence-electron chi connectivity index (χ4n) is 4.12. The van der Waals surface area contributed by atoms with Crippen molar-refractivity contribution in [3.63, 3.8) is 0 Å². The van der Waals surface area contributed by atoms with Gasteiger partial charge in [0.25, 0.3) is 0 Å². The quantitative estimate of drug-likeness (QED) is 0.214. The highest BCUT2D eigenvalue weighted by molar-refractivity contribution is 6.31. The first kappa shape index (κ1) is 27.4. The topological polar surface area (TPSA) is 58.6 Å².